The fourth-order valence-electron chi connectivity index (χ4n) is 3.31. The van der Waals surface area contributed by atoms with Crippen LogP contribution in [0.1, 0.15) is 64.2 Å². The summed E-state index contributed by atoms with van der Waals surface area (Å²) in [6.07, 6.45) is 11.5. The summed E-state index contributed by atoms with van der Waals surface area (Å²) in [6.45, 7) is 1.33. The molecule has 0 aliphatic rings. The second kappa shape index (κ2) is 10.7. The third-order valence-electron chi connectivity index (χ3n) is 4.88. The maximum absolute atomic E-state index is 9.55. The molecule has 0 bridgehead atoms. The summed E-state index contributed by atoms with van der Waals surface area (Å²) in [5.41, 5.74) is 0. The Balaban J connectivity index is 1.38. The minimum absolute atomic E-state index is 0.129. The molecule has 6 nitrogen and oxygen atoms in total. The molecule has 2 heterocycles. The van der Waals surface area contributed by atoms with Crippen LogP contribution in [0, 0.1) is 0 Å². The second-order valence-electron chi connectivity index (χ2n) is 6.94. The zero-order valence-corrected chi connectivity index (χ0v) is 15.5. The Hall–Kier alpha value is -2.24. The minimum Gasteiger partial charge on any atom is -0.494 e. The topological polar surface area (TPSA) is 90.8 Å². The van der Waals surface area contributed by atoms with Crippen molar-refractivity contribution in [1.29, 1.82) is 0 Å². The van der Waals surface area contributed by atoms with Gasteiger partial charge in [-0.25, -0.2) is 0 Å². The number of aromatic hydroxyl groups is 4. The molecule has 0 atom stereocenters. The van der Waals surface area contributed by atoms with E-state index in [9.17, 15) is 20.4 Å². The smallest absolute Gasteiger partial charge is 0.193 e. The van der Waals surface area contributed by atoms with Gasteiger partial charge in [0.15, 0.2) is 23.5 Å². The molecule has 146 valence electrons. The van der Waals surface area contributed by atoms with Crippen molar-refractivity contribution >= 4 is 0 Å². The van der Waals surface area contributed by atoms with Gasteiger partial charge in [0.2, 0.25) is 0 Å². The van der Waals surface area contributed by atoms with Crippen molar-refractivity contribution in [2.24, 2.45) is 0 Å². The summed E-state index contributed by atoms with van der Waals surface area (Å²) in [5.74, 6) is 0.517. The Kier molecular flexibility index (Phi) is 8.25. The highest BCUT2D eigenvalue weighted by Crippen LogP contribution is 2.23. The van der Waals surface area contributed by atoms with Crippen molar-refractivity contribution < 1.29 is 20.4 Å². The van der Waals surface area contributed by atoms with Crippen LogP contribution in [0.25, 0.3) is 0 Å². The number of rotatable bonds is 13. The average Bonchev–Trinajstić information content (AvgIpc) is 3.11. The molecule has 0 aromatic carbocycles. The highest BCUT2D eigenvalue weighted by molar-refractivity contribution is 5.24. The Morgan fingerprint density at radius 1 is 0.423 bits per heavy atom. The monoisotopic (exact) mass is 364 g/mol. The van der Waals surface area contributed by atoms with Crippen LogP contribution >= 0.6 is 0 Å². The zero-order valence-electron chi connectivity index (χ0n) is 15.5. The van der Waals surface area contributed by atoms with Gasteiger partial charge < -0.3 is 20.4 Å². The quantitative estimate of drug-likeness (QED) is 0.387. The average molecular weight is 364 g/mol. The van der Waals surface area contributed by atoms with Crippen LogP contribution in [0.15, 0.2) is 24.3 Å². The summed E-state index contributed by atoms with van der Waals surface area (Å²) < 4.78 is 3.07. The molecule has 0 aliphatic heterocycles. The van der Waals surface area contributed by atoms with Crippen LogP contribution in [0.3, 0.4) is 0 Å². The molecule has 2 aromatic rings. The number of unbranched alkanes of at least 4 members (excludes halogenated alkanes) is 9. The highest BCUT2D eigenvalue weighted by atomic mass is 16.3. The first-order chi connectivity index (χ1) is 12.6. The Morgan fingerprint density at radius 3 is 0.923 bits per heavy atom. The van der Waals surface area contributed by atoms with E-state index in [1.165, 1.54) is 71.9 Å². The molecule has 26 heavy (non-hydrogen) atoms. The van der Waals surface area contributed by atoms with Gasteiger partial charge in [0.1, 0.15) is 0 Å². The lowest BCUT2D eigenvalue weighted by Crippen LogP contribution is -1.96. The molecular formula is C20H32N2O4. The van der Waals surface area contributed by atoms with E-state index in [1.54, 1.807) is 0 Å². The van der Waals surface area contributed by atoms with Gasteiger partial charge in [0.25, 0.3) is 0 Å². The summed E-state index contributed by atoms with van der Waals surface area (Å²) in [6, 6.07) is 6.05. The predicted octanol–water partition coefficient (Wildman–Crippen LogP) is 4.71. The SMILES string of the molecule is Oc1ccc(O)n1CCCCCCCCCCCCn1c(O)ccc1O. The van der Waals surface area contributed by atoms with Crippen LogP contribution in [-0.4, -0.2) is 29.6 Å². The van der Waals surface area contributed by atoms with Crippen LogP contribution in [0.5, 0.6) is 23.5 Å². The molecule has 0 saturated heterocycles. The van der Waals surface area contributed by atoms with Gasteiger partial charge in [-0.2, -0.15) is 0 Å². The number of hydrogen-bond donors (Lipinski definition) is 4. The molecule has 0 unspecified atom stereocenters. The number of nitrogens with zero attached hydrogens (tertiary/aromatic N) is 2. The molecule has 4 N–H and O–H groups in total. The van der Waals surface area contributed by atoms with Gasteiger partial charge in [0, 0.05) is 37.4 Å². The fraction of sp³-hybridized carbons (Fsp3) is 0.600. The van der Waals surface area contributed by atoms with E-state index in [0.717, 1.165) is 25.7 Å². The lowest BCUT2D eigenvalue weighted by Gasteiger charge is -2.07. The summed E-state index contributed by atoms with van der Waals surface area (Å²) in [7, 11) is 0. The summed E-state index contributed by atoms with van der Waals surface area (Å²) in [4.78, 5) is 0. The Morgan fingerprint density at radius 2 is 0.654 bits per heavy atom. The van der Waals surface area contributed by atoms with Crippen molar-refractivity contribution in [3.63, 3.8) is 0 Å². The first-order valence-electron chi connectivity index (χ1n) is 9.74. The molecule has 0 radical (unpaired) electrons. The van der Waals surface area contributed by atoms with E-state index in [0.29, 0.717) is 13.1 Å². The molecule has 0 aliphatic carbocycles. The first-order valence-corrected chi connectivity index (χ1v) is 9.74. The van der Waals surface area contributed by atoms with Gasteiger partial charge in [-0.05, 0) is 12.8 Å². The molecule has 0 amide bonds. The lowest BCUT2D eigenvalue weighted by molar-refractivity contribution is 0.360. The normalized spacial score (nSPS) is 11.2. The largest absolute Gasteiger partial charge is 0.494 e. The zero-order chi connectivity index (χ0) is 18.8. The van der Waals surface area contributed by atoms with Crippen molar-refractivity contribution in [1.82, 2.24) is 9.13 Å². The van der Waals surface area contributed by atoms with Crippen LogP contribution in [0.4, 0.5) is 0 Å². The van der Waals surface area contributed by atoms with Gasteiger partial charge >= 0.3 is 0 Å². The van der Waals surface area contributed by atoms with Crippen molar-refractivity contribution in [2.75, 3.05) is 0 Å². The van der Waals surface area contributed by atoms with Gasteiger partial charge in [-0.15, -0.1) is 0 Å². The minimum atomic E-state index is 0.129. The maximum atomic E-state index is 9.55. The van der Waals surface area contributed by atoms with Crippen molar-refractivity contribution in [3.05, 3.63) is 24.3 Å². The first kappa shape index (κ1) is 20.1. The van der Waals surface area contributed by atoms with Crippen molar-refractivity contribution in [2.45, 2.75) is 77.3 Å². The predicted molar refractivity (Wildman–Crippen MR) is 102 cm³/mol. The van der Waals surface area contributed by atoms with E-state index in [-0.39, 0.29) is 23.5 Å². The molecule has 6 heteroatoms. The maximum Gasteiger partial charge on any atom is 0.193 e. The van der Waals surface area contributed by atoms with Gasteiger partial charge in [0.05, 0.1) is 0 Å². The van der Waals surface area contributed by atoms with Gasteiger partial charge in [-0.3, -0.25) is 9.13 Å². The molecule has 0 spiro atoms. The third kappa shape index (κ3) is 6.24. The highest BCUT2D eigenvalue weighted by Gasteiger charge is 2.05. The van der Waals surface area contributed by atoms with E-state index in [4.69, 9.17) is 0 Å². The van der Waals surface area contributed by atoms with Crippen molar-refractivity contribution in [3.8, 4) is 23.5 Å². The van der Waals surface area contributed by atoms with Crippen LogP contribution < -0.4 is 0 Å². The Bertz CT molecular complexity index is 553. The molecule has 0 saturated carbocycles. The van der Waals surface area contributed by atoms with E-state index in [1.807, 2.05) is 0 Å². The molecular weight excluding hydrogens is 332 g/mol. The summed E-state index contributed by atoms with van der Waals surface area (Å²) >= 11 is 0. The third-order valence-corrected chi connectivity index (χ3v) is 4.88. The van der Waals surface area contributed by atoms with E-state index in [2.05, 4.69) is 0 Å². The lowest BCUT2D eigenvalue weighted by atomic mass is 10.1. The van der Waals surface area contributed by atoms with Crippen LogP contribution in [0.2, 0.25) is 0 Å². The molecule has 2 rings (SSSR count). The van der Waals surface area contributed by atoms with E-state index < -0.39 is 0 Å². The summed E-state index contributed by atoms with van der Waals surface area (Å²) in [5, 5.41) is 38.2. The second-order valence-corrected chi connectivity index (χ2v) is 6.94. The standard InChI is InChI=1S/C20H32N2O4/c23-17-11-12-18(24)21(17)15-9-7-5-3-1-2-4-6-8-10-16-22-19(25)13-14-20(22)26/h11-14,23-26H,1-10,15-16H2. The van der Waals surface area contributed by atoms with E-state index >= 15 is 0 Å². The number of aromatic nitrogens is 2. The fourth-order valence-corrected chi connectivity index (χ4v) is 3.31. The molecule has 0 fully saturated rings. The van der Waals surface area contributed by atoms with Gasteiger partial charge in [-0.1, -0.05) is 51.4 Å². The Labute approximate surface area is 155 Å². The van der Waals surface area contributed by atoms with Crippen LogP contribution in [-0.2, 0) is 13.1 Å². The number of hydrogen-bond acceptors (Lipinski definition) is 4. The molecule has 2 aromatic heterocycles.